The predicted molar refractivity (Wildman–Crippen MR) is 62.1 cm³/mol. The van der Waals surface area contributed by atoms with E-state index in [1.165, 1.54) is 6.42 Å². The van der Waals surface area contributed by atoms with Crippen molar-refractivity contribution in [2.24, 2.45) is 0 Å². The number of hydrogen-bond acceptors (Lipinski definition) is 3. The summed E-state index contributed by atoms with van der Waals surface area (Å²) in [7, 11) is -0.674. The van der Waals surface area contributed by atoms with Crippen molar-refractivity contribution in [2.45, 2.75) is 32.4 Å². The van der Waals surface area contributed by atoms with E-state index < -0.39 is 10.8 Å². The normalized spacial score (nSPS) is 29.5. The van der Waals surface area contributed by atoms with Gasteiger partial charge in [-0.25, -0.2) is 0 Å². The molecule has 4 heteroatoms. The van der Waals surface area contributed by atoms with E-state index >= 15 is 0 Å². The monoisotopic (exact) mass is 218 g/mol. The first-order chi connectivity index (χ1) is 6.59. The molecule has 0 aromatic carbocycles. The van der Waals surface area contributed by atoms with Gasteiger partial charge in [0.1, 0.15) is 0 Å². The van der Waals surface area contributed by atoms with E-state index in [2.05, 4.69) is 24.1 Å². The first-order valence-electron chi connectivity index (χ1n) is 5.37. The third-order valence-corrected chi connectivity index (χ3v) is 3.79. The zero-order valence-electron chi connectivity index (χ0n) is 9.45. The summed E-state index contributed by atoms with van der Waals surface area (Å²) in [6.45, 7) is 7.68. The number of nitrogens with one attached hydrogen (secondary N) is 1. The maximum Gasteiger partial charge on any atom is 0.0385 e. The molecule has 1 saturated heterocycles. The Kier molecular flexibility index (Phi) is 5.06. The van der Waals surface area contributed by atoms with Gasteiger partial charge in [-0.1, -0.05) is 0 Å². The molecule has 1 aliphatic heterocycles. The first-order valence-corrected chi connectivity index (χ1v) is 7.09. The van der Waals surface area contributed by atoms with Gasteiger partial charge in [-0.3, -0.25) is 9.11 Å². The van der Waals surface area contributed by atoms with E-state index in [0.717, 1.165) is 25.4 Å². The summed E-state index contributed by atoms with van der Waals surface area (Å²) >= 11 is 0. The van der Waals surface area contributed by atoms with Crippen LogP contribution in [0.25, 0.3) is 0 Å². The molecule has 1 rings (SSSR count). The van der Waals surface area contributed by atoms with E-state index in [4.69, 9.17) is 0 Å². The van der Waals surface area contributed by atoms with Gasteiger partial charge in [0.25, 0.3) is 0 Å². The maximum absolute atomic E-state index is 11.1. The molecule has 0 radical (unpaired) electrons. The third-order valence-electron chi connectivity index (χ3n) is 2.84. The van der Waals surface area contributed by atoms with Crippen molar-refractivity contribution in [1.82, 2.24) is 10.2 Å². The van der Waals surface area contributed by atoms with Crippen molar-refractivity contribution in [3.63, 3.8) is 0 Å². The van der Waals surface area contributed by atoms with Gasteiger partial charge in [-0.05, 0) is 26.8 Å². The van der Waals surface area contributed by atoms with Crippen LogP contribution in [0.5, 0.6) is 0 Å². The molecule has 3 atom stereocenters. The molecule has 0 aliphatic carbocycles. The number of nitrogens with zero attached hydrogens (tertiary/aromatic N) is 1. The first kappa shape index (κ1) is 12.1. The second kappa shape index (κ2) is 5.83. The summed E-state index contributed by atoms with van der Waals surface area (Å²) in [6.07, 6.45) is 2.98. The maximum atomic E-state index is 11.1. The Labute approximate surface area is 89.7 Å². The molecule has 84 valence electrons. The molecule has 0 bridgehead atoms. The van der Waals surface area contributed by atoms with Crippen LogP contribution < -0.4 is 5.32 Å². The summed E-state index contributed by atoms with van der Waals surface area (Å²) in [5.41, 5.74) is 0. The Morgan fingerprint density at radius 3 is 2.93 bits per heavy atom. The fraction of sp³-hybridized carbons (Fsp3) is 1.00. The molecule has 3 nitrogen and oxygen atoms in total. The van der Waals surface area contributed by atoms with Gasteiger partial charge in [0, 0.05) is 48.0 Å². The zero-order chi connectivity index (χ0) is 10.6. The van der Waals surface area contributed by atoms with E-state index in [0.29, 0.717) is 12.1 Å². The lowest BCUT2D eigenvalue weighted by atomic mass is 10.2. The Morgan fingerprint density at radius 2 is 2.29 bits per heavy atom. The minimum Gasteiger partial charge on any atom is -0.313 e. The summed E-state index contributed by atoms with van der Waals surface area (Å²) in [5, 5.41) is 3.47. The van der Waals surface area contributed by atoms with Crippen molar-refractivity contribution in [3.05, 3.63) is 0 Å². The SMILES string of the molecule is CC1CCN(C(C)CS(C)=O)CCN1. The molecule has 1 fully saturated rings. The van der Waals surface area contributed by atoms with Crippen molar-refractivity contribution < 1.29 is 4.21 Å². The van der Waals surface area contributed by atoms with Crippen LogP contribution in [0.4, 0.5) is 0 Å². The fourth-order valence-corrected chi connectivity index (χ4v) is 2.80. The molecule has 1 N–H and O–H groups in total. The average Bonchev–Trinajstić information content (AvgIpc) is 2.28. The largest absolute Gasteiger partial charge is 0.313 e. The Bertz CT molecular complexity index is 199. The van der Waals surface area contributed by atoms with Crippen LogP contribution in [0.2, 0.25) is 0 Å². The van der Waals surface area contributed by atoms with Crippen LogP contribution in [0.3, 0.4) is 0 Å². The highest BCUT2D eigenvalue weighted by molar-refractivity contribution is 7.84. The van der Waals surface area contributed by atoms with Crippen molar-refractivity contribution >= 4 is 10.8 Å². The van der Waals surface area contributed by atoms with Gasteiger partial charge in [0.05, 0.1) is 0 Å². The van der Waals surface area contributed by atoms with Crippen LogP contribution in [0.15, 0.2) is 0 Å². The smallest absolute Gasteiger partial charge is 0.0385 e. The lowest BCUT2D eigenvalue weighted by Gasteiger charge is -2.26. The standard InChI is InChI=1S/C10H22N2OS/c1-9-4-6-12(7-5-11-9)10(2)8-14(3)13/h9-11H,4-8H2,1-3H3. The van der Waals surface area contributed by atoms with Gasteiger partial charge in [0.2, 0.25) is 0 Å². The van der Waals surface area contributed by atoms with Crippen LogP contribution in [0, 0.1) is 0 Å². The summed E-state index contributed by atoms with van der Waals surface area (Å²) in [5.74, 6) is 0.800. The highest BCUT2D eigenvalue weighted by Crippen LogP contribution is 2.06. The van der Waals surface area contributed by atoms with Crippen molar-refractivity contribution in [2.75, 3.05) is 31.6 Å². The van der Waals surface area contributed by atoms with Gasteiger partial charge < -0.3 is 5.32 Å². The van der Waals surface area contributed by atoms with Crippen molar-refractivity contribution in [3.8, 4) is 0 Å². The predicted octanol–water partition coefficient (Wildman–Crippen LogP) is 0.437. The topological polar surface area (TPSA) is 32.3 Å². The highest BCUT2D eigenvalue weighted by atomic mass is 32.2. The van der Waals surface area contributed by atoms with E-state index in [1.54, 1.807) is 6.26 Å². The summed E-state index contributed by atoms with van der Waals surface area (Å²) in [4.78, 5) is 2.44. The molecular weight excluding hydrogens is 196 g/mol. The summed E-state index contributed by atoms with van der Waals surface area (Å²) in [6, 6.07) is 1.08. The summed E-state index contributed by atoms with van der Waals surface area (Å²) < 4.78 is 11.1. The van der Waals surface area contributed by atoms with Crippen LogP contribution in [0.1, 0.15) is 20.3 Å². The quantitative estimate of drug-likeness (QED) is 0.746. The molecule has 0 spiro atoms. The minimum atomic E-state index is -0.674. The van der Waals surface area contributed by atoms with Crippen LogP contribution in [-0.2, 0) is 10.8 Å². The Balaban J connectivity index is 2.38. The van der Waals surface area contributed by atoms with Crippen LogP contribution in [-0.4, -0.2) is 52.8 Å². The number of rotatable bonds is 3. The van der Waals surface area contributed by atoms with Gasteiger partial charge in [-0.15, -0.1) is 0 Å². The Morgan fingerprint density at radius 1 is 1.57 bits per heavy atom. The number of hydrogen-bond donors (Lipinski definition) is 1. The molecule has 0 amide bonds. The van der Waals surface area contributed by atoms with Gasteiger partial charge in [-0.2, -0.15) is 0 Å². The van der Waals surface area contributed by atoms with E-state index in [-0.39, 0.29) is 0 Å². The van der Waals surface area contributed by atoms with E-state index in [1.807, 2.05) is 0 Å². The van der Waals surface area contributed by atoms with Gasteiger partial charge >= 0.3 is 0 Å². The van der Waals surface area contributed by atoms with E-state index in [9.17, 15) is 4.21 Å². The Hall–Kier alpha value is 0.0700. The second-order valence-corrected chi connectivity index (χ2v) is 5.75. The molecule has 14 heavy (non-hydrogen) atoms. The average molecular weight is 218 g/mol. The molecular formula is C10H22N2OS. The van der Waals surface area contributed by atoms with Crippen LogP contribution >= 0.6 is 0 Å². The fourth-order valence-electron chi connectivity index (χ4n) is 1.91. The zero-order valence-corrected chi connectivity index (χ0v) is 10.3. The second-order valence-electron chi connectivity index (χ2n) is 4.27. The molecule has 1 aliphatic rings. The molecule has 0 saturated carbocycles. The molecule has 3 unspecified atom stereocenters. The minimum absolute atomic E-state index is 0.452. The third kappa shape index (κ3) is 4.07. The lowest BCUT2D eigenvalue weighted by Crippen LogP contribution is -2.39. The molecule has 0 aromatic rings. The lowest BCUT2D eigenvalue weighted by molar-refractivity contribution is 0.238. The van der Waals surface area contributed by atoms with Gasteiger partial charge in [0.15, 0.2) is 0 Å². The molecule has 1 heterocycles. The highest BCUT2D eigenvalue weighted by Gasteiger charge is 2.18. The van der Waals surface area contributed by atoms with Crippen molar-refractivity contribution in [1.29, 1.82) is 0 Å². The molecule has 0 aromatic heterocycles.